The first-order chi connectivity index (χ1) is 14.2. The number of nitrogens with one attached hydrogen (secondary N) is 2. The SMILES string of the molecule is CC[C@@H](CNC(=O)[C@@H](C)Sc1nnc2c(n1)[nH]c1ccccc12)c1ccccc1. The molecule has 2 atom stereocenters. The van der Waals surface area contributed by atoms with Crippen LogP contribution in [-0.4, -0.2) is 37.9 Å². The smallest absolute Gasteiger partial charge is 0.233 e. The van der Waals surface area contributed by atoms with Crippen molar-refractivity contribution in [3.63, 3.8) is 0 Å². The molecule has 0 fully saturated rings. The van der Waals surface area contributed by atoms with Crippen LogP contribution in [-0.2, 0) is 4.79 Å². The molecule has 0 saturated carbocycles. The third-order valence-electron chi connectivity index (χ3n) is 5.04. The van der Waals surface area contributed by atoms with Gasteiger partial charge in [-0.05, 0) is 25.0 Å². The summed E-state index contributed by atoms with van der Waals surface area (Å²) >= 11 is 1.31. The average molecular weight is 406 g/mol. The Labute approximate surface area is 173 Å². The zero-order chi connectivity index (χ0) is 20.2. The van der Waals surface area contributed by atoms with Gasteiger partial charge in [-0.15, -0.1) is 10.2 Å². The van der Waals surface area contributed by atoms with Crippen LogP contribution in [0, 0.1) is 0 Å². The summed E-state index contributed by atoms with van der Waals surface area (Å²) in [5.74, 6) is 0.280. The van der Waals surface area contributed by atoms with E-state index in [1.165, 1.54) is 17.3 Å². The Balaban J connectivity index is 1.41. The fraction of sp³-hybridized carbons (Fsp3) is 0.273. The van der Waals surface area contributed by atoms with Gasteiger partial charge < -0.3 is 10.3 Å². The summed E-state index contributed by atoms with van der Waals surface area (Å²) in [6.45, 7) is 4.61. The second-order valence-electron chi connectivity index (χ2n) is 6.98. The van der Waals surface area contributed by atoms with Crippen molar-refractivity contribution in [1.82, 2.24) is 25.5 Å². The number of rotatable bonds is 7. The van der Waals surface area contributed by atoms with Crippen molar-refractivity contribution in [2.45, 2.75) is 36.6 Å². The number of benzene rings is 2. The van der Waals surface area contributed by atoms with Crippen LogP contribution < -0.4 is 5.32 Å². The zero-order valence-corrected chi connectivity index (χ0v) is 17.2. The van der Waals surface area contributed by atoms with Crippen LogP contribution in [0.1, 0.15) is 31.7 Å². The molecule has 2 heterocycles. The summed E-state index contributed by atoms with van der Waals surface area (Å²) in [6, 6.07) is 18.2. The lowest BCUT2D eigenvalue weighted by atomic mass is 9.96. The molecule has 0 saturated heterocycles. The molecule has 4 rings (SSSR count). The van der Waals surface area contributed by atoms with Crippen molar-refractivity contribution < 1.29 is 4.79 Å². The number of aromatic amines is 1. The molecule has 2 N–H and O–H groups in total. The van der Waals surface area contributed by atoms with E-state index in [4.69, 9.17) is 0 Å². The topological polar surface area (TPSA) is 83.6 Å². The van der Waals surface area contributed by atoms with Crippen molar-refractivity contribution in [3.05, 3.63) is 60.2 Å². The number of H-pyrrole nitrogens is 1. The molecular formula is C22H23N5OS. The number of para-hydroxylation sites is 1. The van der Waals surface area contributed by atoms with Gasteiger partial charge in [-0.1, -0.05) is 67.2 Å². The minimum atomic E-state index is -0.313. The number of amides is 1. The first-order valence-electron chi connectivity index (χ1n) is 9.76. The normalized spacial score (nSPS) is 13.4. The van der Waals surface area contributed by atoms with Crippen LogP contribution in [0.2, 0.25) is 0 Å². The molecule has 7 heteroatoms. The Kier molecular flexibility index (Phi) is 5.76. The van der Waals surface area contributed by atoms with Crippen LogP contribution in [0.5, 0.6) is 0 Å². The third-order valence-corrected chi connectivity index (χ3v) is 5.99. The number of aromatic nitrogens is 4. The van der Waals surface area contributed by atoms with Crippen LogP contribution in [0.4, 0.5) is 0 Å². The summed E-state index contributed by atoms with van der Waals surface area (Å²) in [6.07, 6.45) is 0.968. The summed E-state index contributed by atoms with van der Waals surface area (Å²) in [4.78, 5) is 20.4. The molecule has 0 aliphatic carbocycles. The summed E-state index contributed by atoms with van der Waals surface area (Å²) < 4.78 is 0. The second-order valence-corrected chi connectivity index (χ2v) is 8.29. The van der Waals surface area contributed by atoms with Gasteiger partial charge in [-0.3, -0.25) is 4.79 Å². The molecular weight excluding hydrogens is 382 g/mol. The van der Waals surface area contributed by atoms with Gasteiger partial charge >= 0.3 is 0 Å². The van der Waals surface area contributed by atoms with E-state index >= 15 is 0 Å². The van der Waals surface area contributed by atoms with Gasteiger partial charge in [0.05, 0.1) is 5.25 Å². The Morgan fingerprint density at radius 3 is 2.66 bits per heavy atom. The van der Waals surface area contributed by atoms with E-state index in [9.17, 15) is 4.79 Å². The van der Waals surface area contributed by atoms with Crippen molar-refractivity contribution in [3.8, 4) is 0 Å². The van der Waals surface area contributed by atoms with E-state index in [2.05, 4.69) is 44.5 Å². The van der Waals surface area contributed by atoms with E-state index in [0.29, 0.717) is 23.3 Å². The van der Waals surface area contributed by atoms with Gasteiger partial charge in [0, 0.05) is 23.4 Å². The van der Waals surface area contributed by atoms with E-state index in [0.717, 1.165) is 22.8 Å². The molecule has 0 spiro atoms. The summed E-state index contributed by atoms with van der Waals surface area (Å²) in [5.41, 5.74) is 3.65. The summed E-state index contributed by atoms with van der Waals surface area (Å²) in [7, 11) is 0. The van der Waals surface area contributed by atoms with Crippen LogP contribution in [0.25, 0.3) is 22.1 Å². The van der Waals surface area contributed by atoms with Gasteiger partial charge in [-0.2, -0.15) is 0 Å². The molecule has 0 aliphatic heterocycles. The van der Waals surface area contributed by atoms with E-state index in [1.54, 1.807) is 0 Å². The summed E-state index contributed by atoms with van der Waals surface area (Å²) in [5, 5.41) is 12.8. The standard InChI is InChI=1S/C22H23N5OS/c1-3-15(16-9-5-4-6-10-16)13-23-21(28)14(2)29-22-25-20-19(26-27-22)17-11-7-8-12-18(17)24-20/h4-12,14-15H,3,13H2,1-2H3,(H,23,28)(H,24,25,27)/t14-,15+/m1/s1. The number of carbonyl (C=O) groups excluding carboxylic acids is 1. The lowest BCUT2D eigenvalue weighted by molar-refractivity contribution is -0.120. The lowest BCUT2D eigenvalue weighted by Crippen LogP contribution is -2.34. The number of nitrogens with zero attached hydrogens (tertiary/aromatic N) is 3. The van der Waals surface area contributed by atoms with Gasteiger partial charge in [0.25, 0.3) is 0 Å². The third kappa shape index (κ3) is 4.24. The predicted octanol–water partition coefficient (Wildman–Crippen LogP) is 4.30. The van der Waals surface area contributed by atoms with Gasteiger partial charge in [0.15, 0.2) is 5.65 Å². The predicted molar refractivity (Wildman–Crippen MR) is 117 cm³/mol. The molecule has 2 aromatic heterocycles. The van der Waals surface area contributed by atoms with Crippen molar-refractivity contribution in [1.29, 1.82) is 0 Å². The minimum absolute atomic E-state index is 0.0234. The maximum atomic E-state index is 12.6. The van der Waals surface area contributed by atoms with Crippen molar-refractivity contribution in [2.75, 3.05) is 6.54 Å². The van der Waals surface area contributed by atoms with Crippen LogP contribution in [0.3, 0.4) is 0 Å². The highest BCUT2D eigenvalue weighted by molar-refractivity contribution is 8.00. The molecule has 0 aliphatic rings. The first-order valence-corrected chi connectivity index (χ1v) is 10.6. The highest BCUT2D eigenvalue weighted by Gasteiger charge is 2.19. The van der Waals surface area contributed by atoms with Crippen molar-refractivity contribution >= 4 is 39.7 Å². The number of carbonyl (C=O) groups is 1. The molecule has 4 aromatic rings. The van der Waals surface area contributed by atoms with Crippen molar-refractivity contribution in [2.24, 2.45) is 0 Å². The minimum Gasteiger partial charge on any atom is -0.355 e. The Morgan fingerprint density at radius 1 is 1.10 bits per heavy atom. The monoisotopic (exact) mass is 405 g/mol. The zero-order valence-electron chi connectivity index (χ0n) is 16.4. The fourth-order valence-electron chi connectivity index (χ4n) is 3.36. The Bertz CT molecular complexity index is 1130. The molecule has 6 nitrogen and oxygen atoms in total. The number of fused-ring (bicyclic) bond motifs is 3. The number of hydrogen-bond donors (Lipinski definition) is 2. The van der Waals surface area contributed by atoms with Gasteiger partial charge in [0.2, 0.25) is 11.1 Å². The van der Waals surface area contributed by atoms with E-state index < -0.39 is 0 Å². The molecule has 0 bridgehead atoms. The quantitative estimate of drug-likeness (QED) is 0.448. The van der Waals surface area contributed by atoms with E-state index in [1.807, 2.05) is 49.4 Å². The molecule has 2 aromatic carbocycles. The maximum absolute atomic E-state index is 12.6. The molecule has 29 heavy (non-hydrogen) atoms. The molecule has 1 amide bonds. The van der Waals surface area contributed by atoms with E-state index in [-0.39, 0.29) is 11.2 Å². The fourth-order valence-corrected chi connectivity index (χ4v) is 4.10. The Hall–Kier alpha value is -2.93. The maximum Gasteiger partial charge on any atom is 0.233 e. The number of thioether (sulfide) groups is 1. The first kappa shape index (κ1) is 19.4. The highest BCUT2D eigenvalue weighted by Crippen LogP contribution is 2.25. The average Bonchev–Trinajstić information content (AvgIpc) is 3.12. The highest BCUT2D eigenvalue weighted by atomic mass is 32.2. The van der Waals surface area contributed by atoms with Crippen LogP contribution in [0.15, 0.2) is 59.8 Å². The molecule has 0 radical (unpaired) electrons. The second kappa shape index (κ2) is 8.61. The molecule has 148 valence electrons. The largest absolute Gasteiger partial charge is 0.355 e. The van der Waals surface area contributed by atoms with Gasteiger partial charge in [-0.25, -0.2) is 4.98 Å². The molecule has 0 unspecified atom stereocenters. The van der Waals surface area contributed by atoms with Gasteiger partial charge in [0.1, 0.15) is 5.52 Å². The van der Waals surface area contributed by atoms with Crippen LogP contribution >= 0.6 is 11.8 Å². The number of hydrogen-bond acceptors (Lipinski definition) is 5. The Morgan fingerprint density at radius 2 is 1.86 bits per heavy atom. The lowest BCUT2D eigenvalue weighted by Gasteiger charge is -2.18.